The molecule has 1 saturated heterocycles. The molecule has 0 amide bonds. The predicted molar refractivity (Wildman–Crippen MR) is 73.3 cm³/mol. The van der Waals surface area contributed by atoms with Gasteiger partial charge in [0.25, 0.3) is 0 Å². The van der Waals surface area contributed by atoms with Crippen molar-refractivity contribution < 1.29 is 19.1 Å². The molecule has 7 nitrogen and oxygen atoms in total. The number of carbonyl (C=O) groups is 2. The summed E-state index contributed by atoms with van der Waals surface area (Å²) >= 11 is 0. The summed E-state index contributed by atoms with van der Waals surface area (Å²) in [4.78, 5) is 27.2. The minimum absolute atomic E-state index is 0.344. The normalized spacial score (nSPS) is 26.4. The average molecular weight is 291 g/mol. The molecular weight excluding hydrogens is 274 g/mol. The Morgan fingerprint density at radius 1 is 1.24 bits per heavy atom. The molecule has 2 heterocycles. The molecule has 2 unspecified atom stereocenters. The van der Waals surface area contributed by atoms with Crippen LogP contribution in [0.5, 0.6) is 0 Å². The quantitative estimate of drug-likeness (QED) is 0.599. The molecule has 21 heavy (non-hydrogen) atoms. The summed E-state index contributed by atoms with van der Waals surface area (Å²) in [7, 11) is 2.65. The number of nitrogens with one attached hydrogen (secondary N) is 1. The van der Waals surface area contributed by atoms with Gasteiger partial charge in [0.05, 0.1) is 25.5 Å². The molecule has 7 heteroatoms. The number of aliphatic imine (C=N–C) groups is 1. The Morgan fingerprint density at radius 2 is 1.95 bits per heavy atom. The van der Waals surface area contributed by atoms with Crippen LogP contribution in [0.3, 0.4) is 0 Å². The zero-order chi connectivity index (χ0) is 15.4. The van der Waals surface area contributed by atoms with E-state index in [4.69, 9.17) is 0 Å². The van der Waals surface area contributed by atoms with Crippen LogP contribution in [0.4, 0.5) is 0 Å². The summed E-state index contributed by atoms with van der Waals surface area (Å²) in [6.45, 7) is 0. The number of hydrogen-bond acceptors (Lipinski definition) is 7. The number of rotatable bonds is 3. The Morgan fingerprint density at radius 3 is 2.57 bits per heavy atom. The fraction of sp³-hybridized carbons (Fsp3) is 0.571. The lowest BCUT2D eigenvalue weighted by Crippen LogP contribution is -2.31. The number of ether oxygens (including phenoxy) is 2. The van der Waals surface area contributed by atoms with Crippen LogP contribution in [-0.2, 0) is 19.1 Å². The number of nitrogens with zero attached hydrogens (tertiary/aromatic N) is 2. The lowest BCUT2D eigenvalue weighted by Gasteiger charge is -2.09. The summed E-state index contributed by atoms with van der Waals surface area (Å²) in [5.41, 5.74) is 1.71. The predicted octanol–water partition coefficient (Wildman–Crippen LogP) is 0.465. The van der Waals surface area contributed by atoms with Gasteiger partial charge in [-0.3, -0.25) is 4.99 Å². The van der Waals surface area contributed by atoms with Crippen molar-refractivity contribution in [3.8, 4) is 6.07 Å². The van der Waals surface area contributed by atoms with E-state index in [-0.39, 0.29) is 11.9 Å². The van der Waals surface area contributed by atoms with E-state index in [0.29, 0.717) is 42.7 Å². The average Bonchev–Trinajstić information content (AvgIpc) is 3.16. The van der Waals surface area contributed by atoms with Gasteiger partial charge >= 0.3 is 11.9 Å². The summed E-state index contributed by atoms with van der Waals surface area (Å²) < 4.78 is 9.35. The summed E-state index contributed by atoms with van der Waals surface area (Å²) in [5, 5.41) is 12.4. The molecule has 112 valence electrons. The standard InChI is InChI=1S/C14H17N3O4/c1-20-13(18)11-5-3-9(16-11)8(7-15)10-4-6-12(17-10)14(19)21-2/h11-12,16H,3-6H2,1-2H3/b9-8+. The number of carbonyl (C=O) groups excluding carboxylic acids is 2. The molecule has 2 atom stereocenters. The van der Waals surface area contributed by atoms with Gasteiger partial charge in [0.1, 0.15) is 18.2 Å². The molecule has 2 rings (SSSR count). The minimum Gasteiger partial charge on any atom is -0.467 e. The molecule has 0 bridgehead atoms. The first kappa shape index (κ1) is 15.0. The Labute approximate surface area is 122 Å². The van der Waals surface area contributed by atoms with E-state index in [0.717, 1.165) is 0 Å². The zero-order valence-electron chi connectivity index (χ0n) is 12.0. The lowest BCUT2D eigenvalue weighted by molar-refractivity contribution is -0.143. The van der Waals surface area contributed by atoms with Crippen LogP contribution in [0, 0.1) is 11.3 Å². The van der Waals surface area contributed by atoms with E-state index >= 15 is 0 Å². The Hall–Kier alpha value is -2.36. The fourth-order valence-electron chi connectivity index (χ4n) is 2.55. The molecule has 0 aliphatic carbocycles. The highest BCUT2D eigenvalue weighted by Gasteiger charge is 2.32. The van der Waals surface area contributed by atoms with Gasteiger partial charge in [0.2, 0.25) is 0 Å². The smallest absolute Gasteiger partial charge is 0.330 e. The largest absolute Gasteiger partial charge is 0.467 e. The highest BCUT2D eigenvalue weighted by Crippen LogP contribution is 2.25. The van der Waals surface area contributed by atoms with Crippen molar-refractivity contribution in [2.45, 2.75) is 37.8 Å². The van der Waals surface area contributed by atoms with Crippen molar-refractivity contribution in [1.82, 2.24) is 5.32 Å². The summed E-state index contributed by atoms with van der Waals surface area (Å²) in [5.74, 6) is -0.734. The Kier molecular flexibility index (Phi) is 4.58. The van der Waals surface area contributed by atoms with Gasteiger partial charge in [0.15, 0.2) is 0 Å². The van der Waals surface area contributed by atoms with Crippen LogP contribution < -0.4 is 5.32 Å². The molecule has 1 fully saturated rings. The molecule has 0 radical (unpaired) electrons. The number of esters is 2. The Bertz CT molecular complexity index is 559. The SMILES string of the molecule is COC(=O)C1CCC(/C(C#N)=C2\CCC(C(=O)OC)N2)=N1. The highest BCUT2D eigenvalue weighted by atomic mass is 16.5. The van der Waals surface area contributed by atoms with Gasteiger partial charge in [-0.05, 0) is 25.7 Å². The maximum absolute atomic E-state index is 11.5. The van der Waals surface area contributed by atoms with Crippen molar-refractivity contribution in [2.24, 2.45) is 4.99 Å². The molecule has 2 aliphatic heterocycles. The van der Waals surface area contributed by atoms with E-state index in [9.17, 15) is 14.9 Å². The second-order valence-corrected chi connectivity index (χ2v) is 4.88. The minimum atomic E-state index is -0.535. The van der Waals surface area contributed by atoms with Crippen molar-refractivity contribution in [3.05, 3.63) is 11.3 Å². The molecule has 0 aromatic carbocycles. The molecular formula is C14H17N3O4. The van der Waals surface area contributed by atoms with Crippen molar-refractivity contribution in [2.75, 3.05) is 14.2 Å². The number of methoxy groups -OCH3 is 2. The lowest BCUT2D eigenvalue weighted by atomic mass is 10.1. The van der Waals surface area contributed by atoms with Gasteiger partial charge < -0.3 is 14.8 Å². The van der Waals surface area contributed by atoms with Crippen LogP contribution in [0.2, 0.25) is 0 Å². The third-order valence-corrected chi connectivity index (χ3v) is 3.66. The van der Waals surface area contributed by atoms with Crippen molar-refractivity contribution >= 4 is 17.7 Å². The topological polar surface area (TPSA) is 101 Å². The molecule has 0 spiro atoms. The van der Waals surface area contributed by atoms with Crippen LogP contribution in [0.25, 0.3) is 0 Å². The van der Waals surface area contributed by atoms with E-state index < -0.39 is 12.1 Å². The van der Waals surface area contributed by atoms with Crippen molar-refractivity contribution in [3.63, 3.8) is 0 Å². The van der Waals surface area contributed by atoms with E-state index in [1.165, 1.54) is 14.2 Å². The van der Waals surface area contributed by atoms with E-state index in [1.54, 1.807) is 0 Å². The van der Waals surface area contributed by atoms with E-state index in [2.05, 4.69) is 25.9 Å². The van der Waals surface area contributed by atoms with E-state index in [1.807, 2.05) is 0 Å². The van der Waals surface area contributed by atoms with Crippen LogP contribution >= 0.6 is 0 Å². The highest BCUT2D eigenvalue weighted by molar-refractivity contribution is 6.06. The van der Waals surface area contributed by atoms with Gasteiger partial charge in [-0.25, -0.2) is 9.59 Å². The number of nitriles is 1. The first-order valence-electron chi connectivity index (χ1n) is 6.73. The first-order valence-corrected chi connectivity index (χ1v) is 6.73. The van der Waals surface area contributed by atoms with Crippen molar-refractivity contribution in [1.29, 1.82) is 5.26 Å². The Balaban J connectivity index is 2.18. The first-order chi connectivity index (χ1) is 10.1. The maximum Gasteiger partial charge on any atom is 0.330 e. The van der Waals surface area contributed by atoms with Crippen LogP contribution in [0.15, 0.2) is 16.3 Å². The fourth-order valence-corrected chi connectivity index (χ4v) is 2.55. The summed E-state index contributed by atoms with van der Waals surface area (Å²) in [6, 6.07) is 1.16. The molecule has 0 aromatic heterocycles. The maximum atomic E-state index is 11.5. The molecule has 2 aliphatic rings. The summed E-state index contributed by atoms with van der Waals surface area (Å²) in [6.07, 6.45) is 2.27. The monoisotopic (exact) mass is 291 g/mol. The second-order valence-electron chi connectivity index (χ2n) is 4.88. The molecule has 0 saturated carbocycles. The number of hydrogen-bond donors (Lipinski definition) is 1. The molecule has 1 N–H and O–H groups in total. The van der Waals surface area contributed by atoms with Crippen LogP contribution in [-0.4, -0.2) is 44.0 Å². The zero-order valence-corrected chi connectivity index (χ0v) is 12.0. The number of allylic oxidation sites excluding steroid dienone is 2. The van der Waals surface area contributed by atoms with Gasteiger partial charge in [-0.1, -0.05) is 0 Å². The van der Waals surface area contributed by atoms with Gasteiger partial charge in [-0.15, -0.1) is 0 Å². The molecule has 0 aromatic rings. The second kappa shape index (κ2) is 6.39. The van der Waals surface area contributed by atoms with Gasteiger partial charge in [0, 0.05) is 5.70 Å². The third-order valence-electron chi connectivity index (χ3n) is 3.66. The van der Waals surface area contributed by atoms with Gasteiger partial charge in [-0.2, -0.15) is 5.26 Å². The third kappa shape index (κ3) is 3.05. The van der Waals surface area contributed by atoms with Crippen LogP contribution in [0.1, 0.15) is 25.7 Å².